The number of rotatable bonds is 5. The number of hydrogen-bond donors (Lipinski definition) is 0. The first-order valence-electron chi connectivity index (χ1n) is 16.3. The Balaban J connectivity index is 1.18. The van der Waals surface area contributed by atoms with Gasteiger partial charge in [0.2, 0.25) is 0 Å². The molecule has 0 amide bonds. The van der Waals surface area contributed by atoms with E-state index >= 15 is 0 Å². The lowest BCUT2D eigenvalue weighted by Gasteiger charge is -2.28. The Morgan fingerprint density at radius 1 is 0.447 bits per heavy atom. The maximum atomic E-state index is 2.46. The van der Waals surface area contributed by atoms with Crippen LogP contribution in [0.15, 0.2) is 164 Å². The maximum absolute atomic E-state index is 2.46. The molecule has 0 fully saturated rings. The molecule has 1 aliphatic rings. The van der Waals surface area contributed by atoms with Crippen molar-refractivity contribution in [2.75, 3.05) is 4.90 Å². The molecular weight excluding hydrogens is 587 g/mol. The van der Waals surface area contributed by atoms with Crippen LogP contribution in [0.4, 0.5) is 17.1 Å². The Hall–Kier alpha value is -5.44. The molecule has 7 aromatic carbocycles. The van der Waals surface area contributed by atoms with Crippen LogP contribution in [-0.4, -0.2) is 0 Å². The van der Waals surface area contributed by atoms with Crippen LogP contribution >= 0.6 is 11.3 Å². The van der Waals surface area contributed by atoms with Crippen molar-refractivity contribution in [2.45, 2.75) is 19.3 Å². The molecule has 1 aliphatic carbocycles. The third-order valence-electron chi connectivity index (χ3n) is 9.90. The molecule has 1 heterocycles. The molecule has 47 heavy (non-hydrogen) atoms. The molecule has 2 heteroatoms. The van der Waals surface area contributed by atoms with Crippen molar-refractivity contribution in [3.63, 3.8) is 0 Å². The fourth-order valence-corrected chi connectivity index (χ4v) is 8.66. The molecule has 0 saturated heterocycles. The van der Waals surface area contributed by atoms with E-state index in [9.17, 15) is 0 Å². The van der Waals surface area contributed by atoms with Crippen LogP contribution in [0.1, 0.15) is 25.0 Å². The maximum Gasteiger partial charge on any atom is 0.0640 e. The largest absolute Gasteiger partial charge is 0.309 e. The molecule has 1 aromatic heterocycles. The van der Waals surface area contributed by atoms with Gasteiger partial charge in [0.05, 0.1) is 10.4 Å². The molecule has 0 bridgehead atoms. The molecule has 0 unspecified atom stereocenters. The minimum atomic E-state index is -0.0764. The van der Waals surface area contributed by atoms with Gasteiger partial charge in [-0.15, -0.1) is 11.3 Å². The zero-order valence-corrected chi connectivity index (χ0v) is 27.3. The molecule has 0 saturated carbocycles. The summed E-state index contributed by atoms with van der Waals surface area (Å²) in [7, 11) is 0. The fourth-order valence-electron chi connectivity index (χ4n) is 7.46. The smallest absolute Gasteiger partial charge is 0.0640 e. The van der Waals surface area contributed by atoms with E-state index in [1.165, 1.54) is 76.1 Å². The summed E-state index contributed by atoms with van der Waals surface area (Å²) in [5.74, 6) is 0. The summed E-state index contributed by atoms with van der Waals surface area (Å²) in [5, 5.41) is 2.62. The zero-order chi connectivity index (χ0) is 31.5. The van der Waals surface area contributed by atoms with Gasteiger partial charge >= 0.3 is 0 Å². The molecule has 0 N–H and O–H groups in total. The van der Waals surface area contributed by atoms with Gasteiger partial charge in [-0.25, -0.2) is 0 Å². The summed E-state index contributed by atoms with van der Waals surface area (Å²) < 4.78 is 2.62. The van der Waals surface area contributed by atoms with Gasteiger partial charge in [0, 0.05) is 32.3 Å². The molecule has 0 spiro atoms. The van der Waals surface area contributed by atoms with Crippen LogP contribution in [0.2, 0.25) is 0 Å². The van der Waals surface area contributed by atoms with Gasteiger partial charge < -0.3 is 4.90 Å². The Morgan fingerprint density at radius 3 is 1.79 bits per heavy atom. The topological polar surface area (TPSA) is 3.24 Å². The lowest BCUT2D eigenvalue weighted by atomic mass is 9.82. The molecule has 0 aliphatic heterocycles. The first kappa shape index (κ1) is 27.8. The van der Waals surface area contributed by atoms with Crippen LogP contribution in [0.5, 0.6) is 0 Å². The first-order valence-corrected chi connectivity index (χ1v) is 17.1. The SMILES string of the molecule is CC1(C)c2ccccc2-c2ccc(N(c3ccc(-c4ccc(-c5ccccc5)cc4)cc3)c3cccc4c3sc3ccccc34)cc21. The summed E-state index contributed by atoms with van der Waals surface area (Å²) in [4.78, 5) is 2.46. The van der Waals surface area contributed by atoms with Crippen LogP contribution in [0.3, 0.4) is 0 Å². The van der Waals surface area contributed by atoms with Gasteiger partial charge in [0.15, 0.2) is 0 Å². The number of anilines is 3. The number of fused-ring (bicyclic) bond motifs is 6. The highest BCUT2D eigenvalue weighted by Crippen LogP contribution is 2.51. The molecule has 224 valence electrons. The molecule has 0 radical (unpaired) electrons. The van der Waals surface area contributed by atoms with Gasteiger partial charge in [-0.3, -0.25) is 0 Å². The first-order chi connectivity index (χ1) is 23.1. The van der Waals surface area contributed by atoms with E-state index in [0.717, 1.165) is 5.69 Å². The average Bonchev–Trinajstić information content (AvgIpc) is 3.62. The Labute approximate surface area is 280 Å². The minimum Gasteiger partial charge on any atom is -0.309 e. The van der Waals surface area contributed by atoms with Crippen molar-refractivity contribution < 1.29 is 0 Å². The van der Waals surface area contributed by atoms with Crippen LogP contribution in [0, 0.1) is 0 Å². The van der Waals surface area contributed by atoms with Gasteiger partial charge in [0.1, 0.15) is 0 Å². The third-order valence-corrected chi connectivity index (χ3v) is 11.1. The van der Waals surface area contributed by atoms with E-state index in [2.05, 4.69) is 183 Å². The summed E-state index contributed by atoms with van der Waals surface area (Å²) >= 11 is 1.88. The second kappa shape index (κ2) is 10.8. The van der Waals surface area contributed by atoms with Crippen LogP contribution in [-0.2, 0) is 5.41 Å². The summed E-state index contributed by atoms with van der Waals surface area (Å²) in [6.07, 6.45) is 0. The van der Waals surface area contributed by atoms with E-state index in [4.69, 9.17) is 0 Å². The van der Waals surface area contributed by atoms with Crippen LogP contribution in [0.25, 0.3) is 53.6 Å². The highest BCUT2D eigenvalue weighted by molar-refractivity contribution is 7.26. The minimum absolute atomic E-state index is 0.0764. The lowest BCUT2D eigenvalue weighted by Crippen LogP contribution is -2.16. The van der Waals surface area contributed by atoms with Crippen molar-refractivity contribution in [2.24, 2.45) is 0 Å². The predicted octanol–water partition coefficient (Wildman–Crippen LogP) is 13.2. The highest BCUT2D eigenvalue weighted by Gasteiger charge is 2.35. The second-order valence-corrected chi connectivity index (χ2v) is 14.0. The quantitative estimate of drug-likeness (QED) is 0.185. The van der Waals surface area contributed by atoms with Gasteiger partial charge in [-0.1, -0.05) is 141 Å². The summed E-state index contributed by atoms with van der Waals surface area (Å²) in [6.45, 7) is 4.71. The third kappa shape index (κ3) is 4.52. The Bertz CT molecular complexity index is 2410. The van der Waals surface area contributed by atoms with E-state index in [0.29, 0.717) is 0 Å². The van der Waals surface area contributed by atoms with Crippen molar-refractivity contribution >= 4 is 48.6 Å². The molecule has 9 rings (SSSR count). The number of benzene rings is 7. The zero-order valence-electron chi connectivity index (χ0n) is 26.4. The van der Waals surface area contributed by atoms with Crippen molar-refractivity contribution in [3.05, 3.63) is 175 Å². The number of thiophene rings is 1. The molecule has 8 aromatic rings. The predicted molar refractivity (Wildman–Crippen MR) is 202 cm³/mol. The molecule has 0 atom stereocenters. The summed E-state index contributed by atoms with van der Waals surface area (Å²) in [5.41, 5.74) is 13.8. The average molecular weight is 620 g/mol. The van der Waals surface area contributed by atoms with Gasteiger partial charge in [0.25, 0.3) is 0 Å². The van der Waals surface area contributed by atoms with Gasteiger partial charge in [-0.05, 0) is 80.9 Å². The highest BCUT2D eigenvalue weighted by atomic mass is 32.1. The van der Waals surface area contributed by atoms with E-state index in [1.54, 1.807) is 0 Å². The monoisotopic (exact) mass is 619 g/mol. The second-order valence-electron chi connectivity index (χ2n) is 13.0. The lowest BCUT2D eigenvalue weighted by molar-refractivity contribution is 0.660. The Kier molecular flexibility index (Phi) is 6.41. The van der Waals surface area contributed by atoms with E-state index < -0.39 is 0 Å². The van der Waals surface area contributed by atoms with E-state index in [-0.39, 0.29) is 5.41 Å². The van der Waals surface area contributed by atoms with Gasteiger partial charge in [-0.2, -0.15) is 0 Å². The number of hydrogen-bond acceptors (Lipinski definition) is 2. The fraction of sp³-hybridized carbons (Fsp3) is 0.0667. The standard InChI is InChI=1S/C45H33NS/c1-45(2)40-16-8-6-13-36(40)37-28-27-35(29-41(37)45)46(42-17-10-15-39-38-14-7-9-18-43(38)47-44(39)42)34-25-23-33(24-26-34)32-21-19-31(20-22-32)30-11-4-3-5-12-30/h3-29H,1-2H3. The van der Waals surface area contributed by atoms with Crippen molar-refractivity contribution in [1.82, 2.24) is 0 Å². The molecular formula is C45H33NS. The Morgan fingerprint density at radius 2 is 1.02 bits per heavy atom. The van der Waals surface area contributed by atoms with Crippen molar-refractivity contribution in [1.29, 1.82) is 0 Å². The summed E-state index contributed by atoms with van der Waals surface area (Å²) in [6, 6.07) is 60.0. The van der Waals surface area contributed by atoms with Crippen LogP contribution < -0.4 is 4.90 Å². The molecule has 1 nitrogen and oxygen atoms in total. The number of nitrogens with zero attached hydrogens (tertiary/aromatic N) is 1. The van der Waals surface area contributed by atoms with Crippen molar-refractivity contribution in [3.8, 4) is 33.4 Å². The van der Waals surface area contributed by atoms with E-state index in [1.807, 2.05) is 11.3 Å². The normalized spacial score (nSPS) is 13.1.